The third kappa shape index (κ3) is 5.54. The number of nitrogens with one attached hydrogen (secondary N) is 2. The van der Waals surface area contributed by atoms with E-state index in [9.17, 15) is 9.18 Å². The number of ether oxygens (including phenoxy) is 1. The van der Waals surface area contributed by atoms with Gasteiger partial charge in [-0.2, -0.15) is 0 Å². The lowest BCUT2D eigenvalue weighted by molar-refractivity contribution is 0.0951. The zero-order valence-corrected chi connectivity index (χ0v) is 18.9. The minimum Gasteiger partial charge on any atom is -0.493 e. The molecular weight excluding hydrogens is 419 g/mol. The molecule has 0 saturated carbocycles. The Kier molecular flexibility index (Phi) is 7.87. The Morgan fingerprint density at radius 1 is 1.23 bits per heavy atom. The van der Waals surface area contributed by atoms with Gasteiger partial charge < -0.3 is 19.9 Å². The summed E-state index contributed by atoms with van der Waals surface area (Å²) in [7, 11) is 0. The second-order valence-electron chi connectivity index (χ2n) is 7.15. The van der Waals surface area contributed by atoms with Crippen LogP contribution in [0.5, 0.6) is 5.75 Å². The Labute approximate surface area is 186 Å². The van der Waals surface area contributed by atoms with Crippen LogP contribution in [0.1, 0.15) is 37.6 Å². The van der Waals surface area contributed by atoms with Gasteiger partial charge in [-0.1, -0.05) is 25.4 Å². The van der Waals surface area contributed by atoms with Gasteiger partial charge in [-0.15, -0.1) is 0 Å². The molecule has 1 amide bonds. The first kappa shape index (κ1) is 23.0. The van der Waals surface area contributed by atoms with E-state index in [2.05, 4.69) is 34.0 Å². The van der Waals surface area contributed by atoms with Gasteiger partial charge in [0.25, 0.3) is 5.91 Å². The van der Waals surface area contributed by atoms with Crippen molar-refractivity contribution in [2.24, 2.45) is 0 Å². The van der Waals surface area contributed by atoms with Gasteiger partial charge in [-0.3, -0.25) is 4.79 Å². The first-order valence-corrected chi connectivity index (χ1v) is 11.0. The summed E-state index contributed by atoms with van der Waals surface area (Å²) in [6, 6.07) is 8.02. The molecular formula is C23H28ClFN4O2. The van der Waals surface area contributed by atoms with Crippen LogP contribution < -0.4 is 10.1 Å². The number of nitrogens with zero attached hydrogens (tertiary/aromatic N) is 2. The minimum atomic E-state index is -0.512. The number of rotatable bonds is 10. The zero-order valence-electron chi connectivity index (χ0n) is 18.1. The third-order valence-corrected chi connectivity index (χ3v) is 5.44. The first-order chi connectivity index (χ1) is 15.0. The lowest BCUT2D eigenvalue weighted by Crippen LogP contribution is -2.29. The number of carbonyl (C=O) groups is 1. The summed E-state index contributed by atoms with van der Waals surface area (Å²) in [5, 5.41) is 2.98. The average molecular weight is 447 g/mol. The summed E-state index contributed by atoms with van der Waals surface area (Å²) in [6.07, 6.45) is 0.891. The fraction of sp³-hybridized carbons (Fsp3) is 0.391. The van der Waals surface area contributed by atoms with Gasteiger partial charge in [0.05, 0.1) is 28.2 Å². The number of benzene rings is 2. The van der Waals surface area contributed by atoms with Crippen LogP contribution in [-0.2, 0) is 0 Å². The van der Waals surface area contributed by atoms with E-state index in [1.165, 1.54) is 12.1 Å². The van der Waals surface area contributed by atoms with E-state index in [1.54, 1.807) is 18.2 Å². The summed E-state index contributed by atoms with van der Waals surface area (Å²) < 4.78 is 19.5. The van der Waals surface area contributed by atoms with E-state index in [1.807, 2.05) is 6.92 Å². The Morgan fingerprint density at radius 2 is 2.00 bits per heavy atom. The van der Waals surface area contributed by atoms with Crippen molar-refractivity contribution in [3.63, 3.8) is 0 Å². The molecule has 0 spiro atoms. The molecule has 0 aliphatic carbocycles. The fourth-order valence-electron chi connectivity index (χ4n) is 3.41. The van der Waals surface area contributed by atoms with Crippen molar-refractivity contribution in [1.29, 1.82) is 0 Å². The number of carbonyl (C=O) groups excluding carboxylic acids is 1. The molecule has 3 rings (SSSR count). The van der Waals surface area contributed by atoms with Crippen molar-refractivity contribution in [2.45, 2.75) is 27.2 Å². The second-order valence-corrected chi connectivity index (χ2v) is 7.56. The smallest absolute Gasteiger partial charge is 0.251 e. The van der Waals surface area contributed by atoms with Crippen LogP contribution in [0.4, 0.5) is 4.39 Å². The molecule has 1 heterocycles. The van der Waals surface area contributed by atoms with E-state index in [-0.39, 0.29) is 10.9 Å². The van der Waals surface area contributed by atoms with E-state index in [0.29, 0.717) is 46.9 Å². The molecule has 31 heavy (non-hydrogen) atoms. The monoisotopic (exact) mass is 446 g/mol. The summed E-state index contributed by atoms with van der Waals surface area (Å²) in [6.45, 7) is 10.1. The lowest BCUT2D eigenvalue weighted by atomic mass is 10.1. The van der Waals surface area contributed by atoms with Crippen LogP contribution in [0, 0.1) is 5.82 Å². The number of halogens is 2. The van der Waals surface area contributed by atoms with Gasteiger partial charge in [0.2, 0.25) is 0 Å². The molecule has 2 aromatic carbocycles. The molecule has 6 nitrogen and oxygen atoms in total. The molecule has 0 bridgehead atoms. The van der Waals surface area contributed by atoms with Crippen molar-refractivity contribution >= 4 is 28.5 Å². The van der Waals surface area contributed by atoms with Gasteiger partial charge in [0.15, 0.2) is 0 Å². The summed E-state index contributed by atoms with van der Waals surface area (Å²) in [5.41, 5.74) is 2.29. The van der Waals surface area contributed by atoms with E-state index in [0.717, 1.165) is 26.1 Å². The fourth-order valence-corrected chi connectivity index (χ4v) is 3.57. The van der Waals surface area contributed by atoms with Crippen molar-refractivity contribution in [3.05, 3.63) is 46.7 Å². The predicted octanol–water partition coefficient (Wildman–Crippen LogP) is 4.88. The molecule has 1 aromatic heterocycles. The maximum Gasteiger partial charge on any atom is 0.251 e. The summed E-state index contributed by atoms with van der Waals surface area (Å²) >= 11 is 5.86. The highest BCUT2D eigenvalue weighted by molar-refractivity contribution is 6.31. The van der Waals surface area contributed by atoms with Crippen LogP contribution >= 0.6 is 11.6 Å². The molecule has 3 aromatic rings. The third-order valence-electron chi connectivity index (χ3n) is 5.15. The van der Waals surface area contributed by atoms with Gasteiger partial charge >= 0.3 is 0 Å². The lowest BCUT2D eigenvalue weighted by Gasteiger charge is -2.17. The van der Waals surface area contributed by atoms with Crippen LogP contribution in [-0.4, -0.2) is 53.6 Å². The number of aromatic nitrogens is 2. The van der Waals surface area contributed by atoms with Gasteiger partial charge in [0, 0.05) is 18.2 Å². The van der Waals surface area contributed by atoms with Gasteiger partial charge in [-0.25, -0.2) is 9.37 Å². The van der Waals surface area contributed by atoms with Crippen LogP contribution in [0.25, 0.3) is 22.4 Å². The highest BCUT2D eigenvalue weighted by Gasteiger charge is 2.16. The predicted molar refractivity (Wildman–Crippen MR) is 122 cm³/mol. The van der Waals surface area contributed by atoms with Crippen LogP contribution in [0.15, 0.2) is 30.3 Å². The second kappa shape index (κ2) is 10.6. The molecule has 166 valence electrons. The van der Waals surface area contributed by atoms with E-state index in [4.69, 9.17) is 16.3 Å². The molecule has 0 unspecified atom stereocenters. The topological polar surface area (TPSA) is 70.2 Å². The number of hydrogen-bond acceptors (Lipinski definition) is 4. The van der Waals surface area contributed by atoms with Crippen molar-refractivity contribution < 1.29 is 13.9 Å². The molecule has 0 aliphatic rings. The summed E-state index contributed by atoms with van der Waals surface area (Å²) in [4.78, 5) is 22.5. The number of amides is 1. The Hall–Kier alpha value is -2.64. The van der Waals surface area contributed by atoms with Gasteiger partial charge in [-0.05, 0) is 57.2 Å². The van der Waals surface area contributed by atoms with E-state index >= 15 is 0 Å². The number of H-pyrrole nitrogens is 1. The standard InChI is InChI=1S/C23H28ClFN4O2/c1-4-29(5-2)11-7-10-26-23(30)15-8-9-16(21(12-15)31-6-3)22-27-19-13-17(24)18(25)14-20(19)28-22/h8-9,12-14H,4-7,10-11H2,1-3H3,(H,26,30)(H,27,28). The molecule has 2 N–H and O–H groups in total. The molecule has 8 heteroatoms. The van der Waals surface area contributed by atoms with Crippen LogP contribution in [0.3, 0.4) is 0 Å². The molecule has 0 saturated heterocycles. The maximum atomic E-state index is 13.8. The Morgan fingerprint density at radius 3 is 2.71 bits per heavy atom. The van der Waals surface area contributed by atoms with Crippen LogP contribution in [0.2, 0.25) is 5.02 Å². The van der Waals surface area contributed by atoms with Crippen molar-refractivity contribution in [1.82, 2.24) is 20.2 Å². The highest BCUT2D eigenvalue weighted by atomic mass is 35.5. The van der Waals surface area contributed by atoms with Crippen molar-refractivity contribution in [3.8, 4) is 17.1 Å². The van der Waals surface area contributed by atoms with E-state index < -0.39 is 5.82 Å². The summed E-state index contributed by atoms with van der Waals surface area (Å²) in [5.74, 6) is 0.392. The quantitative estimate of drug-likeness (QED) is 0.435. The Bertz CT molecular complexity index is 1010. The number of aromatic amines is 1. The molecule has 0 aliphatic heterocycles. The number of fused-ring (bicyclic) bond motifs is 1. The van der Waals surface area contributed by atoms with Crippen molar-refractivity contribution in [2.75, 3.05) is 32.8 Å². The Balaban J connectivity index is 1.77. The largest absolute Gasteiger partial charge is 0.493 e. The van der Waals surface area contributed by atoms with Gasteiger partial charge in [0.1, 0.15) is 17.4 Å². The molecule has 0 atom stereocenters. The number of imidazole rings is 1. The zero-order chi connectivity index (χ0) is 22.4. The molecule has 0 radical (unpaired) electrons. The molecule has 0 fully saturated rings. The SMILES string of the molecule is CCOc1cc(C(=O)NCCCN(CC)CC)ccc1-c1nc2cc(Cl)c(F)cc2[nH]1. The normalized spacial score (nSPS) is 11.3. The maximum absolute atomic E-state index is 13.8. The average Bonchev–Trinajstić information content (AvgIpc) is 3.16. The minimum absolute atomic E-state index is 0.0172. The highest BCUT2D eigenvalue weighted by Crippen LogP contribution is 2.32. The number of hydrogen-bond donors (Lipinski definition) is 2. The first-order valence-electron chi connectivity index (χ1n) is 10.6.